The van der Waals surface area contributed by atoms with Crippen molar-refractivity contribution in [2.24, 2.45) is 0 Å². The number of aromatic nitrogens is 1. The monoisotopic (exact) mass is 485 g/mol. The first-order valence-corrected chi connectivity index (χ1v) is 11.3. The lowest BCUT2D eigenvalue weighted by Crippen LogP contribution is -2.49. The highest BCUT2D eigenvalue weighted by atomic mass is 16.5. The molecule has 0 bridgehead atoms. The highest BCUT2D eigenvalue weighted by Crippen LogP contribution is 2.31. The second-order valence-corrected chi connectivity index (χ2v) is 8.48. The van der Waals surface area contributed by atoms with Crippen LogP contribution >= 0.6 is 0 Å². The second kappa shape index (κ2) is 9.70. The molecule has 2 aliphatic heterocycles. The van der Waals surface area contributed by atoms with Gasteiger partial charge in [-0.2, -0.15) is 0 Å². The summed E-state index contributed by atoms with van der Waals surface area (Å²) in [5.41, 5.74) is 0.0878. The molecule has 1 unspecified atom stereocenters. The zero-order chi connectivity index (χ0) is 25.1. The second-order valence-electron chi connectivity index (χ2n) is 8.48. The van der Waals surface area contributed by atoms with Crippen LogP contribution < -0.4 is 19.7 Å². The number of amides is 2. The Hall–Kier alpha value is -4.39. The number of benzene rings is 2. The first-order valence-electron chi connectivity index (χ1n) is 11.3. The largest absolute Gasteiger partial charge is 0.489 e. The minimum absolute atomic E-state index is 0.0514. The van der Waals surface area contributed by atoms with Crippen LogP contribution in [-0.4, -0.2) is 60.4 Å². The summed E-state index contributed by atoms with van der Waals surface area (Å²) in [5, 5.41) is 12.8. The van der Waals surface area contributed by atoms with E-state index in [0.717, 1.165) is 0 Å². The van der Waals surface area contributed by atoms with Crippen LogP contribution in [0.15, 0.2) is 66.9 Å². The number of nitrogens with zero attached hydrogens (tertiary/aromatic N) is 2. The van der Waals surface area contributed by atoms with E-state index in [0.29, 0.717) is 28.5 Å². The number of para-hydroxylation sites is 1. The number of fused-ring (bicyclic) bond motifs is 1. The summed E-state index contributed by atoms with van der Waals surface area (Å²) in [6, 6.07) is 16.6. The van der Waals surface area contributed by atoms with Crippen molar-refractivity contribution in [2.75, 3.05) is 31.8 Å². The fraction of sp³-hybridized carbons (Fsp3) is 0.222. The Morgan fingerprint density at radius 3 is 2.72 bits per heavy atom. The van der Waals surface area contributed by atoms with Gasteiger partial charge in [0.15, 0.2) is 5.60 Å². The van der Waals surface area contributed by atoms with Crippen LogP contribution in [0.4, 0.5) is 5.69 Å². The highest BCUT2D eigenvalue weighted by Gasteiger charge is 2.34. The molecule has 2 aromatic carbocycles. The van der Waals surface area contributed by atoms with E-state index in [2.05, 4.69) is 22.1 Å². The van der Waals surface area contributed by atoms with Gasteiger partial charge in [-0.05, 0) is 36.4 Å². The van der Waals surface area contributed by atoms with Gasteiger partial charge in [-0.3, -0.25) is 14.6 Å². The molecule has 3 aromatic rings. The van der Waals surface area contributed by atoms with E-state index in [1.54, 1.807) is 43.4 Å². The number of anilines is 1. The van der Waals surface area contributed by atoms with Crippen molar-refractivity contribution in [3.05, 3.63) is 78.1 Å². The molecular weight excluding hydrogens is 462 g/mol. The van der Waals surface area contributed by atoms with E-state index in [1.807, 2.05) is 18.2 Å². The Morgan fingerprint density at radius 1 is 1.17 bits per heavy atom. The SMILES string of the molecule is CN1C(=O)C(NC(=O)c2cc(Oc3ccccc3)ccn2)COc2ccc(C#CC3(O)COC3)cc21. The average Bonchev–Trinajstić information content (AvgIpc) is 2.99. The minimum Gasteiger partial charge on any atom is -0.489 e. The average molecular weight is 485 g/mol. The predicted molar refractivity (Wildman–Crippen MR) is 130 cm³/mol. The van der Waals surface area contributed by atoms with Gasteiger partial charge >= 0.3 is 0 Å². The molecule has 36 heavy (non-hydrogen) atoms. The van der Waals surface area contributed by atoms with Gasteiger partial charge in [0.2, 0.25) is 0 Å². The molecule has 1 atom stereocenters. The fourth-order valence-electron chi connectivity index (χ4n) is 3.69. The summed E-state index contributed by atoms with van der Waals surface area (Å²) >= 11 is 0. The van der Waals surface area contributed by atoms with Crippen LogP contribution in [-0.2, 0) is 9.53 Å². The van der Waals surface area contributed by atoms with E-state index in [9.17, 15) is 14.7 Å². The van der Waals surface area contributed by atoms with Gasteiger partial charge < -0.3 is 29.5 Å². The topological polar surface area (TPSA) is 110 Å². The fourth-order valence-corrected chi connectivity index (χ4v) is 3.69. The van der Waals surface area contributed by atoms with E-state index >= 15 is 0 Å². The summed E-state index contributed by atoms with van der Waals surface area (Å²) in [4.78, 5) is 31.6. The molecule has 1 fully saturated rings. The molecule has 2 aliphatic rings. The number of hydrogen-bond acceptors (Lipinski definition) is 7. The quantitative estimate of drug-likeness (QED) is 0.545. The minimum atomic E-state index is -1.14. The molecule has 0 radical (unpaired) electrons. The molecule has 0 spiro atoms. The number of nitrogens with one attached hydrogen (secondary N) is 1. The number of ether oxygens (including phenoxy) is 3. The number of likely N-dealkylation sites (N-methyl/N-ethyl adjacent to an activating group) is 1. The number of aliphatic hydroxyl groups is 1. The van der Waals surface area contributed by atoms with Crippen LogP contribution in [0.1, 0.15) is 16.1 Å². The number of pyridine rings is 1. The molecule has 9 nitrogen and oxygen atoms in total. The van der Waals surface area contributed by atoms with Crippen LogP contribution in [0, 0.1) is 11.8 Å². The van der Waals surface area contributed by atoms with Crippen molar-refractivity contribution in [2.45, 2.75) is 11.6 Å². The zero-order valence-electron chi connectivity index (χ0n) is 19.4. The molecule has 0 aliphatic carbocycles. The smallest absolute Gasteiger partial charge is 0.270 e. The van der Waals surface area contributed by atoms with Crippen molar-refractivity contribution < 1.29 is 28.9 Å². The van der Waals surface area contributed by atoms with Crippen LogP contribution in [0.3, 0.4) is 0 Å². The maximum absolute atomic E-state index is 13.2. The number of rotatable bonds is 4. The molecule has 9 heteroatoms. The summed E-state index contributed by atoms with van der Waals surface area (Å²) < 4.78 is 16.6. The van der Waals surface area contributed by atoms with Gasteiger partial charge in [0, 0.05) is 24.9 Å². The third kappa shape index (κ3) is 5.00. The molecule has 5 rings (SSSR count). The summed E-state index contributed by atoms with van der Waals surface area (Å²) in [5.74, 6) is 6.38. The molecule has 1 saturated heterocycles. The van der Waals surface area contributed by atoms with Crippen molar-refractivity contribution in [1.29, 1.82) is 0 Å². The van der Waals surface area contributed by atoms with Gasteiger partial charge in [0.25, 0.3) is 11.8 Å². The Kier molecular flexibility index (Phi) is 6.29. The van der Waals surface area contributed by atoms with Crippen LogP contribution in [0.25, 0.3) is 0 Å². The standard InChI is InChI=1S/C27H23N3O6/c1-30-23-13-18(9-11-27(33)16-34-17-27)7-8-24(23)35-15-22(26(30)32)29-25(31)21-14-20(10-12-28-21)36-19-5-3-2-4-6-19/h2-8,10,12-14,22,33H,15-17H2,1H3,(H,29,31). The van der Waals surface area contributed by atoms with E-state index in [4.69, 9.17) is 14.2 Å². The third-order valence-corrected chi connectivity index (χ3v) is 5.72. The van der Waals surface area contributed by atoms with Crippen LogP contribution in [0.2, 0.25) is 0 Å². The predicted octanol–water partition coefficient (Wildman–Crippen LogP) is 2.14. The molecule has 182 valence electrons. The molecule has 2 N–H and O–H groups in total. The number of carbonyl (C=O) groups excluding carboxylic acids is 2. The van der Waals surface area contributed by atoms with Gasteiger partial charge in [0.05, 0.1) is 18.9 Å². The maximum atomic E-state index is 13.2. The van der Waals surface area contributed by atoms with E-state index in [1.165, 1.54) is 17.2 Å². The van der Waals surface area contributed by atoms with Gasteiger partial charge in [-0.15, -0.1) is 0 Å². The van der Waals surface area contributed by atoms with E-state index < -0.39 is 17.6 Å². The number of carbonyl (C=O) groups is 2. The Balaban J connectivity index is 1.29. The first-order chi connectivity index (χ1) is 17.4. The summed E-state index contributed by atoms with van der Waals surface area (Å²) in [7, 11) is 1.60. The zero-order valence-corrected chi connectivity index (χ0v) is 19.4. The van der Waals surface area contributed by atoms with Crippen molar-refractivity contribution in [3.8, 4) is 29.1 Å². The van der Waals surface area contributed by atoms with Gasteiger partial charge in [0.1, 0.15) is 35.6 Å². The summed E-state index contributed by atoms with van der Waals surface area (Å²) in [6.07, 6.45) is 1.47. The molecule has 3 heterocycles. The van der Waals surface area contributed by atoms with Gasteiger partial charge in [-0.25, -0.2) is 0 Å². The number of hydrogen-bond donors (Lipinski definition) is 2. The lowest BCUT2D eigenvalue weighted by molar-refractivity contribution is -0.140. The first kappa shape index (κ1) is 23.4. The highest BCUT2D eigenvalue weighted by molar-refractivity contribution is 6.03. The normalized spacial score (nSPS) is 17.9. The van der Waals surface area contributed by atoms with Gasteiger partial charge in [-0.1, -0.05) is 30.0 Å². The van der Waals surface area contributed by atoms with Crippen molar-refractivity contribution >= 4 is 17.5 Å². The maximum Gasteiger partial charge on any atom is 0.270 e. The Labute approximate surface area is 207 Å². The van der Waals surface area contributed by atoms with Crippen molar-refractivity contribution in [3.63, 3.8) is 0 Å². The molecule has 0 saturated carbocycles. The third-order valence-electron chi connectivity index (χ3n) is 5.72. The Morgan fingerprint density at radius 2 is 1.97 bits per heavy atom. The van der Waals surface area contributed by atoms with E-state index in [-0.39, 0.29) is 31.4 Å². The lowest BCUT2D eigenvalue weighted by Gasteiger charge is -2.30. The summed E-state index contributed by atoms with van der Waals surface area (Å²) in [6.45, 7) is 0.290. The van der Waals surface area contributed by atoms with Crippen molar-refractivity contribution in [1.82, 2.24) is 10.3 Å². The molecule has 2 amide bonds. The van der Waals surface area contributed by atoms with Crippen LogP contribution in [0.5, 0.6) is 17.2 Å². The lowest BCUT2D eigenvalue weighted by atomic mass is 10.0. The Bertz CT molecular complexity index is 1360. The molecule has 1 aromatic heterocycles. The molecular formula is C27H23N3O6.